The minimum atomic E-state index is -0.425. The van der Waals surface area contributed by atoms with Crippen LogP contribution in [0.4, 0.5) is 5.69 Å². The van der Waals surface area contributed by atoms with E-state index in [-0.39, 0.29) is 18.1 Å². The summed E-state index contributed by atoms with van der Waals surface area (Å²) in [4.78, 5) is 30.9. The lowest BCUT2D eigenvalue weighted by molar-refractivity contribution is -0.116. The van der Waals surface area contributed by atoms with Crippen LogP contribution in [0, 0.1) is 13.8 Å². The third-order valence-corrected chi connectivity index (χ3v) is 5.24. The molecule has 9 nitrogen and oxygen atoms in total. The zero-order chi connectivity index (χ0) is 24.2. The highest BCUT2D eigenvalue weighted by molar-refractivity contribution is 5.92. The number of hydrogen-bond acceptors (Lipinski definition) is 6. The average Bonchev–Trinajstić information content (AvgIpc) is 3.18. The zero-order valence-electron chi connectivity index (χ0n) is 19.4. The average molecular weight is 460 g/mol. The summed E-state index contributed by atoms with van der Waals surface area (Å²) in [6.45, 7) is 3.45. The van der Waals surface area contributed by atoms with Gasteiger partial charge in [0.15, 0.2) is 0 Å². The number of methoxy groups -OCH3 is 2. The monoisotopic (exact) mass is 459 g/mol. The Labute approximate surface area is 196 Å². The van der Waals surface area contributed by atoms with Crippen LogP contribution >= 0.6 is 0 Å². The van der Waals surface area contributed by atoms with Crippen LogP contribution in [0.25, 0.3) is 17.2 Å². The van der Waals surface area contributed by atoms with Gasteiger partial charge in [-0.3, -0.25) is 14.2 Å². The van der Waals surface area contributed by atoms with Crippen molar-refractivity contribution in [3.63, 3.8) is 0 Å². The number of amides is 1. The number of anilines is 1. The first kappa shape index (κ1) is 22.8. The van der Waals surface area contributed by atoms with Crippen LogP contribution in [0.5, 0.6) is 11.5 Å². The van der Waals surface area contributed by atoms with Gasteiger partial charge in [-0.1, -0.05) is 30.3 Å². The molecule has 4 rings (SSSR count). The lowest BCUT2D eigenvalue weighted by Crippen LogP contribution is -2.31. The molecule has 1 N–H and O–H groups in total. The molecule has 0 fully saturated rings. The van der Waals surface area contributed by atoms with Gasteiger partial charge in [-0.15, -0.1) is 0 Å². The molecule has 2 aromatic heterocycles. The number of nitrogens with zero attached hydrogens (tertiary/aromatic N) is 4. The van der Waals surface area contributed by atoms with Crippen molar-refractivity contribution in [1.29, 1.82) is 0 Å². The molecule has 4 aromatic rings. The fourth-order valence-electron chi connectivity index (χ4n) is 3.64. The quantitative estimate of drug-likeness (QED) is 0.455. The maximum Gasteiger partial charge on any atom is 0.256 e. The standard InChI is InChI=1S/C25H25N5O4/c1-16-12-17(2)30(28-16)25-27-20(18-8-6-5-7-9-18)14-24(32)29(25)15-23(31)26-21-13-19(33-3)10-11-22(21)34-4/h5-14H,15H2,1-4H3,(H,26,31). The van der Waals surface area contributed by atoms with Crippen LogP contribution in [-0.4, -0.2) is 39.5 Å². The Kier molecular flexibility index (Phi) is 6.44. The van der Waals surface area contributed by atoms with Crippen LogP contribution in [-0.2, 0) is 11.3 Å². The number of aryl methyl sites for hydroxylation is 2. The normalized spacial score (nSPS) is 10.7. The predicted octanol–water partition coefficient (Wildman–Crippen LogP) is 3.37. The fraction of sp³-hybridized carbons (Fsp3) is 0.200. The van der Waals surface area contributed by atoms with E-state index in [1.54, 1.807) is 22.9 Å². The van der Waals surface area contributed by atoms with E-state index in [1.165, 1.54) is 24.9 Å². The molecule has 0 radical (unpaired) electrons. The first-order chi connectivity index (χ1) is 16.4. The molecule has 0 spiro atoms. The van der Waals surface area contributed by atoms with Crippen molar-refractivity contribution in [2.75, 3.05) is 19.5 Å². The molecular formula is C25H25N5O4. The van der Waals surface area contributed by atoms with E-state index in [2.05, 4.69) is 10.4 Å². The van der Waals surface area contributed by atoms with Crippen LogP contribution in [0.1, 0.15) is 11.4 Å². The Morgan fingerprint density at radius 3 is 2.41 bits per heavy atom. The SMILES string of the molecule is COc1ccc(OC)c(NC(=O)Cn2c(-n3nc(C)cc3C)nc(-c3ccccc3)cc2=O)c1. The third kappa shape index (κ3) is 4.68. The van der Waals surface area contributed by atoms with Crippen LogP contribution in [0.2, 0.25) is 0 Å². The number of carbonyl (C=O) groups excluding carboxylic acids is 1. The maximum atomic E-state index is 13.2. The molecule has 0 bridgehead atoms. The van der Waals surface area contributed by atoms with Crippen LogP contribution in [0.15, 0.2) is 65.5 Å². The Balaban J connectivity index is 1.75. The highest BCUT2D eigenvalue weighted by Crippen LogP contribution is 2.29. The summed E-state index contributed by atoms with van der Waals surface area (Å²) in [5, 5.41) is 7.28. The number of nitrogens with one attached hydrogen (secondary N) is 1. The number of hydrogen-bond donors (Lipinski definition) is 1. The van der Waals surface area contributed by atoms with Crippen molar-refractivity contribution in [1.82, 2.24) is 19.3 Å². The smallest absolute Gasteiger partial charge is 0.256 e. The van der Waals surface area contributed by atoms with Gasteiger partial charge in [-0.05, 0) is 32.0 Å². The summed E-state index contributed by atoms with van der Waals surface area (Å²) in [5.41, 5.74) is 2.91. The Bertz CT molecular complexity index is 1390. The minimum absolute atomic E-state index is 0.254. The van der Waals surface area contributed by atoms with Crippen LogP contribution in [0.3, 0.4) is 0 Å². The fourth-order valence-corrected chi connectivity index (χ4v) is 3.64. The molecule has 2 heterocycles. The van der Waals surface area contributed by atoms with Gasteiger partial charge < -0.3 is 14.8 Å². The van der Waals surface area contributed by atoms with E-state index in [0.29, 0.717) is 22.9 Å². The molecule has 0 atom stereocenters. The second-order valence-corrected chi connectivity index (χ2v) is 7.69. The third-order valence-electron chi connectivity index (χ3n) is 5.24. The molecule has 0 aliphatic carbocycles. The highest BCUT2D eigenvalue weighted by atomic mass is 16.5. The number of benzene rings is 2. The van der Waals surface area contributed by atoms with Gasteiger partial charge in [0.05, 0.1) is 31.3 Å². The lowest BCUT2D eigenvalue weighted by atomic mass is 10.1. The van der Waals surface area contributed by atoms with E-state index in [4.69, 9.17) is 14.5 Å². The number of ether oxygens (including phenoxy) is 2. The van der Waals surface area contributed by atoms with Crippen LogP contribution < -0.4 is 20.3 Å². The maximum absolute atomic E-state index is 13.2. The molecule has 0 aliphatic rings. The molecule has 0 aliphatic heterocycles. The second kappa shape index (κ2) is 9.62. The molecule has 0 saturated heterocycles. The molecule has 2 aromatic carbocycles. The van der Waals surface area contributed by atoms with Gasteiger partial charge in [-0.2, -0.15) is 5.10 Å². The minimum Gasteiger partial charge on any atom is -0.497 e. The summed E-state index contributed by atoms with van der Waals surface area (Å²) in [7, 11) is 3.04. The Morgan fingerprint density at radius 2 is 1.76 bits per heavy atom. The van der Waals surface area contributed by atoms with Gasteiger partial charge in [0.1, 0.15) is 18.0 Å². The van der Waals surface area contributed by atoms with E-state index in [9.17, 15) is 9.59 Å². The van der Waals surface area contributed by atoms with Crippen molar-refractivity contribution >= 4 is 11.6 Å². The van der Waals surface area contributed by atoms with Crippen molar-refractivity contribution in [2.45, 2.75) is 20.4 Å². The molecule has 34 heavy (non-hydrogen) atoms. The largest absolute Gasteiger partial charge is 0.497 e. The topological polar surface area (TPSA) is 100 Å². The summed E-state index contributed by atoms with van der Waals surface area (Å²) in [6.07, 6.45) is 0. The summed E-state index contributed by atoms with van der Waals surface area (Å²) < 4.78 is 13.4. The molecule has 9 heteroatoms. The molecular weight excluding hydrogens is 434 g/mol. The predicted molar refractivity (Wildman–Crippen MR) is 129 cm³/mol. The lowest BCUT2D eigenvalue weighted by Gasteiger charge is -2.16. The van der Waals surface area contributed by atoms with Crippen molar-refractivity contribution in [2.24, 2.45) is 0 Å². The Hall–Kier alpha value is -4.40. The number of rotatable bonds is 7. The van der Waals surface area contributed by atoms with Gasteiger partial charge >= 0.3 is 0 Å². The van der Waals surface area contributed by atoms with Crippen molar-refractivity contribution < 1.29 is 14.3 Å². The Morgan fingerprint density at radius 1 is 1.00 bits per heavy atom. The summed E-state index contributed by atoms with van der Waals surface area (Å²) in [6, 6.07) is 17.8. The number of carbonyl (C=O) groups is 1. The van der Waals surface area contributed by atoms with E-state index >= 15 is 0 Å². The van der Waals surface area contributed by atoms with Crippen molar-refractivity contribution in [3.8, 4) is 28.7 Å². The van der Waals surface area contributed by atoms with Gasteiger partial charge in [0, 0.05) is 23.4 Å². The highest BCUT2D eigenvalue weighted by Gasteiger charge is 2.18. The molecule has 0 unspecified atom stereocenters. The molecule has 174 valence electrons. The summed E-state index contributed by atoms with van der Waals surface area (Å²) >= 11 is 0. The van der Waals surface area contributed by atoms with Gasteiger partial charge in [-0.25, -0.2) is 9.67 Å². The molecule has 1 amide bonds. The van der Waals surface area contributed by atoms with E-state index in [0.717, 1.165) is 17.0 Å². The number of aromatic nitrogens is 4. The van der Waals surface area contributed by atoms with E-state index in [1.807, 2.05) is 50.2 Å². The van der Waals surface area contributed by atoms with Gasteiger partial charge in [0.25, 0.3) is 5.56 Å². The first-order valence-electron chi connectivity index (χ1n) is 10.6. The molecule has 0 saturated carbocycles. The van der Waals surface area contributed by atoms with Crippen molar-refractivity contribution in [3.05, 3.63) is 82.4 Å². The van der Waals surface area contributed by atoms with Gasteiger partial charge in [0.2, 0.25) is 11.9 Å². The summed E-state index contributed by atoms with van der Waals surface area (Å²) in [5.74, 6) is 0.860. The second-order valence-electron chi connectivity index (χ2n) is 7.69. The van der Waals surface area contributed by atoms with E-state index < -0.39 is 5.91 Å². The first-order valence-corrected chi connectivity index (χ1v) is 10.6. The zero-order valence-corrected chi connectivity index (χ0v) is 19.4.